The molecule has 9 nitrogen and oxygen atoms in total. The lowest BCUT2D eigenvalue weighted by molar-refractivity contribution is -0.384. The highest BCUT2D eigenvalue weighted by molar-refractivity contribution is 7.17. The van der Waals surface area contributed by atoms with Gasteiger partial charge in [0.05, 0.1) is 25.7 Å². The zero-order chi connectivity index (χ0) is 23.5. The monoisotopic (exact) mass is 463 g/mol. The van der Waals surface area contributed by atoms with Gasteiger partial charge in [-0.15, -0.1) is 11.3 Å². The molecule has 4 aromatic rings. The number of aromatic nitrogens is 2. The van der Waals surface area contributed by atoms with Crippen molar-refractivity contribution in [1.82, 2.24) is 15.3 Å². The topological polar surface area (TPSA) is 121 Å². The molecule has 0 aliphatic rings. The number of aryl methyl sites for hydroxylation is 1. The Balaban J connectivity index is 1.41. The van der Waals surface area contributed by atoms with Crippen LogP contribution in [0.1, 0.15) is 26.6 Å². The molecule has 10 heteroatoms. The third-order valence-electron chi connectivity index (χ3n) is 5.07. The number of hydrogen-bond acceptors (Lipinski definition) is 7. The zero-order valence-electron chi connectivity index (χ0n) is 18.0. The number of hydrogen-bond donors (Lipinski definition) is 2. The second-order valence-electron chi connectivity index (χ2n) is 7.61. The van der Waals surface area contributed by atoms with E-state index in [1.807, 2.05) is 36.2 Å². The second kappa shape index (κ2) is 9.21. The summed E-state index contributed by atoms with van der Waals surface area (Å²) in [6, 6.07) is 15.4. The fourth-order valence-electron chi connectivity index (χ4n) is 3.46. The maximum Gasteiger partial charge on any atom is 0.269 e. The minimum absolute atomic E-state index is 0.0108. The number of rotatable bonds is 7. The molecule has 0 aliphatic heterocycles. The average Bonchev–Trinajstić information content (AvgIpc) is 3.29. The summed E-state index contributed by atoms with van der Waals surface area (Å²) in [5.41, 5.74) is 2.08. The second-order valence-corrected chi connectivity index (χ2v) is 8.67. The normalized spacial score (nSPS) is 10.8. The van der Waals surface area contributed by atoms with Gasteiger partial charge in [0.15, 0.2) is 0 Å². The number of fused-ring (bicyclic) bond motifs is 1. The highest BCUT2D eigenvalue weighted by Crippen LogP contribution is 2.27. The van der Waals surface area contributed by atoms with E-state index in [4.69, 9.17) is 0 Å². The van der Waals surface area contributed by atoms with Gasteiger partial charge in [-0.3, -0.25) is 19.7 Å². The molecule has 2 N–H and O–H groups in total. The van der Waals surface area contributed by atoms with Crippen LogP contribution in [0.25, 0.3) is 10.9 Å². The van der Waals surface area contributed by atoms with Crippen LogP contribution in [0.5, 0.6) is 0 Å². The molecule has 0 radical (unpaired) electrons. The van der Waals surface area contributed by atoms with Crippen LogP contribution in [0.3, 0.4) is 0 Å². The van der Waals surface area contributed by atoms with E-state index in [-0.39, 0.29) is 23.7 Å². The molecule has 0 unspecified atom stereocenters. The molecule has 0 atom stereocenters. The minimum Gasteiger partial charge on any atom is -0.362 e. The number of nitro benzene ring substituents is 1. The standard InChI is InChI=1S/C23H21N5O4S/c1-14-25-19-7-6-16(11-18(19)22(29)26-14)13-27(2)21-9-8-20(33-21)23(30)24-12-15-4-3-5-17(10-15)28(31)32/h3-11H,12-13H2,1-2H3,(H,24,30)(H,25,26,29). The van der Waals surface area contributed by atoms with Gasteiger partial charge in [0, 0.05) is 32.3 Å². The fourth-order valence-corrected chi connectivity index (χ4v) is 4.34. The van der Waals surface area contributed by atoms with Gasteiger partial charge in [-0.1, -0.05) is 18.2 Å². The van der Waals surface area contributed by atoms with Crippen molar-refractivity contribution in [3.8, 4) is 0 Å². The predicted octanol–water partition coefficient (Wildman–Crippen LogP) is 3.77. The number of amides is 1. The number of H-pyrrole nitrogens is 1. The first-order valence-electron chi connectivity index (χ1n) is 10.1. The molecule has 0 aliphatic carbocycles. The van der Waals surface area contributed by atoms with Gasteiger partial charge >= 0.3 is 0 Å². The van der Waals surface area contributed by atoms with Gasteiger partial charge in [0.1, 0.15) is 5.82 Å². The number of non-ortho nitro benzene ring substituents is 1. The quantitative estimate of drug-likeness (QED) is 0.318. The molecule has 2 aromatic carbocycles. The Kier molecular flexibility index (Phi) is 6.18. The first-order chi connectivity index (χ1) is 15.8. The van der Waals surface area contributed by atoms with Crippen molar-refractivity contribution in [2.75, 3.05) is 11.9 Å². The summed E-state index contributed by atoms with van der Waals surface area (Å²) >= 11 is 1.35. The SMILES string of the molecule is Cc1nc2ccc(CN(C)c3ccc(C(=O)NCc4cccc([N+](=O)[O-])c4)s3)cc2c(=O)[nH]1. The average molecular weight is 464 g/mol. The van der Waals surface area contributed by atoms with Gasteiger partial charge in [0.25, 0.3) is 17.2 Å². The van der Waals surface area contributed by atoms with Crippen molar-refractivity contribution in [2.45, 2.75) is 20.0 Å². The van der Waals surface area contributed by atoms with Crippen LogP contribution in [-0.2, 0) is 13.1 Å². The molecule has 2 aromatic heterocycles. The van der Waals surface area contributed by atoms with E-state index in [0.717, 1.165) is 10.6 Å². The van der Waals surface area contributed by atoms with Crippen LogP contribution in [0.15, 0.2) is 59.4 Å². The zero-order valence-corrected chi connectivity index (χ0v) is 18.8. The number of nitro groups is 1. The molecule has 0 fully saturated rings. The summed E-state index contributed by atoms with van der Waals surface area (Å²) in [7, 11) is 1.92. The van der Waals surface area contributed by atoms with Gasteiger partial charge in [-0.2, -0.15) is 0 Å². The number of anilines is 1. The molecule has 0 bridgehead atoms. The lowest BCUT2D eigenvalue weighted by Gasteiger charge is -2.17. The summed E-state index contributed by atoms with van der Waals surface area (Å²) in [6.45, 7) is 2.50. The Hall–Kier alpha value is -4.05. The summed E-state index contributed by atoms with van der Waals surface area (Å²) in [4.78, 5) is 44.8. The number of thiophene rings is 1. The lowest BCUT2D eigenvalue weighted by atomic mass is 10.1. The maximum atomic E-state index is 12.5. The Morgan fingerprint density at radius 1 is 1.18 bits per heavy atom. The molecule has 168 valence electrons. The van der Waals surface area contributed by atoms with E-state index in [1.54, 1.807) is 25.1 Å². The van der Waals surface area contributed by atoms with Crippen LogP contribution in [-0.4, -0.2) is 27.8 Å². The minimum atomic E-state index is -0.462. The first-order valence-corrected chi connectivity index (χ1v) is 10.9. The van der Waals surface area contributed by atoms with E-state index in [1.165, 1.54) is 23.5 Å². The van der Waals surface area contributed by atoms with Gasteiger partial charge < -0.3 is 15.2 Å². The van der Waals surface area contributed by atoms with Crippen molar-refractivity contribution in [1.29, 1.82) is 0 Å². The Bertz CT molecular complexity index is 1410. The highest BCUT2D eigenvalue weighted by Gasteiger charge is 2.13. The van der Waals surface area contributed by atoms with Crippen LogP contribution in [0.2, 0.25) is 0 Å². The lowest BCUT2D eigenvalue weighted by Crippen LogP contribution is -2.21. The summed E-state index contributed by atoms with van der Waals surface area (Å²) in [5.74, 6) is 0.331. The fraction of sp³-hybridized carbons (Fsp3) is 0.174. The molecule has 4 rings (SSSR count). The van der Waals surface area contributed by atoms with Crippen molar-refractivity contribution >= 4 is 38.8 Å². The number of benzene rings is 2. The number of nitrogens with zero attached hydrogens (tertiary/aromatic N) is 3. The highest BCUT2D eigenvalue weighted by atomic mass is 32.1. The van der Waals surface area contributed by atoms with Gasteiger partial charge in [0.2, 0.25) is 0 Å². The molecular formula is C23H21N5O4S. The molecule has 1 amide bonds. The van der Waals surface area contributed by atoms with Crippen molar-refractivity contribution in [3.63, 3.8) is 0 Å². The number of nitrogens with one attached hydrogen (secondary N) is 2. The van der Waals surface area contributed by atoms with E-state index in [0.29, 0.717) is 33.7 Å². The maximum absolute atomic E-state index is 12.5. The van der Waals surface area contributed by atoms with Crippen LogP contribution in [0.4, 0.5) is 10.7 Å². The van der Waals surface area contributed by atoms with Gasteiger partial charge in [-0.05, 0) is 42.3 Å². The molecule has 0 saturated carbocycles. The van der Waals surface area contributed by atoms with Crippen LogP contribution in [0, 0.1) is 17.0 Å². The summed E-state index contributed by atoms with van der Waals surface area (Å²) in [6.07, 6.45) is 0. The van der Waals surface area contributed by atoms with E-state index in [2.05, 4.69) is 15.3 Å². The Morgan fingerprint density at radius 2 is 2.00 bits per heavy atom. The predicted molar refractivity (Wildman–Crippen MR) is 128 cm³/mol. The van der Waals surface area contributed by atoms with Crippen molar-refractivity contribution < 1.29 is 9.72 Å². The largest absolute Gasteiger partial charge is 0.362 e. The summed E-state index contributed by atoms with van der Waals surface area (Å²) in [5, 5.41) is 15.1. The van der Waals surface area contributed by atoms with Crippen molar-refractivity contribution in [3.05, 3.63) is 96.9 Å². The van der Waals surface area contributed by atoms with E-state index < -0.39 is 4.92 Å². The van der Waals surface area contributed by atoms with E-state index >= 15 is 0 Å². The van der Waals surface area contributed by atoms with E-state index in [9.17, 15) is 19.7 Å². The number of carbonyl (C=O) groups is 1. The van der Waals surface area contributed by atoms with Crippen LogP contribution < -0.4 is 15.8 Å². The molecular weight excluding hydrogens is 442 g/mol. The van der Waals surface area contributed by atoms with Crippen LogP contribution >= 0.6 is 11.3 Å². The first kappa shape index (κ1) is 22.2. The van der Waals surface area contributed by atoms with Crippen molar-refractivity contribution in [2.24, 2.45) is 0 Å². The smallest absolute Gasteiger partial charge is 0.269 e. The number of carbonyl (C=O) groups excluding carboxylic acids is 1. The third kappa shape index (κ3) is 5.07. The molecule has 0 saturated heterocycles. The number of aromatic amines is 1. The molecule has 2 heterocycles. The third-order valence-corrected chi connectivity index (χ3v) is 6.27. The Morgan fingerprint density at radius 3 is 2.79 bits per heavy atom. The summed E-state index contributed by atoms with van der Waals surface area (Å²) < 4.78 is 0. The Labute approximate surface area is 192 Å². The molecule has 0 spiro atoms. The molecule has 33 heavy (non-hydrogen) atoms. The van der Waals surface area contributed by atoms with Gasteiger partial charge in [-0.25, -0.2) is 4.98 Å².